The van der Waals surface area contributed by atoms with E-state index in [1.807, 2.05) is 35.8 Å². The fourth-order valence-corrected chi connectivity index (χ4v) is 2.44. The van der Waals surface area contributed by atoms with Crippen LogP contribution in [-0.4, -0.2) is 43.1 Å². The second-order valence-electron chi connectivity index (χ2n) is 5.63. The average Bonchev–Trinajstić information content (AvgIpc) is 3.12. The second kappa shape index (κ2) is 8.36. The second-order valence-corrected chi connectivity index (χ2v) is 5.63. The van der Waals surface area contributed by atoms with E-state index in [4.69, 9.17) is 0 Å². The van der Waals surface area contributed by atoms with Crippen molar-refractivity contribution < 1.29 is 4.79 Å². The number of nitrogens with one attached hydrogen (secondary N) is 1. The van der Waals surface area contributed by atoms with Crippen LogP contribution in [0, 0.1) is 6.92 Å². The molecule has 0 aliphatic carbocycles. The molecule has 2 aromatic rings. The minimum Gasteiger partial charge on any atom is -0.338 e. The highest BCUT2D eigenvalue weighted by Crippen LogP contribution is 2.03. The Morgan fingerprint density at radius 3 is 2.70 bits per heavy atom. The summed E-state index contributed by atoms with van der Waals surface area (Å²) in [4.78, 5) is 22.7. The molecular formula is C16H26N6O. The van der Waals surface area contributed by atoms with Crippen LogP contribution in [0.3, 0.4) is 0 Å². The zero-order valence-electron chi connectivity index (χ0n) is 14.2. The maximum atomic E-state index is 12.4. The molecule has 23 heavy (non-hydrogen) atoms. The van der Waals surface area contributed by atoms with Crippen LogP contribution in [0.5, 0.6) is 0 Å². The van der Waals surface area contributed by atoms with E-state index >= 15 is 0 Å². The monoisotopic (exact) mass is 318 g/mol. The van der Waals surface area contributed by atoms with Gasteiger partial charge in [0.2, 0.25) is 0 Å². The first-order valence-corrected chi connectivity index (χ1v) is 8.08. The molecular weight excluding hydrogens is 292 g/mol. The van der Waals surface area contributed by atoms with Gasteiger partial charge in [-0.2, -0.15) is 0 Å². The zero-order chi connectivity index (χ0) is 16.7. The van der Waals surface area contributed by atoms with Gasteiger partial charge in [-0.25, -0.2) is 14.8 Å². The van der Waals surface area contributed by atoms with Crippen LogP contribution in [0.4, 0.5) is 4.79 Å². The number of nitrogens with zero attached hydrogens (tertiary/aromatic N) is 5. The van der Waals surface area contributed by atoms with Crippen molar-refractivity contribution in [3.8, 4) is 0 Å². The van der Waals surface area contributed by atoms with Crippen molar-refractivity contribution >= 4 is 6.03 Å². The summed E-state index contributed by atoms with van der Waals surface area (Å²) in [6, 6.07) is -0.0304. The van der Waals surface area contributed by atoms with Gasteiger partial charge in [0, 0.05) is 51.5 Å². The minimum absolute atomic E-state index is 0.0304. The molecule has 2 heterocycles. The van der Waals surface area contributed by atoms with Gasteiger partial charge in [0.05, 0.1) is 6.54 Å². The first-order chi connectivity index (χ1) is 11.1. The quantitative estimate of drug-likeness (QED) is 0.756. The number of imidazole rings is 2. The van der Waals surface area contributed by atoms with E-state index < -0.39 is 0 Å². The lowest BCUT2D eigenvalue weighted by Gasteiger charge is -2.22. The van der Waals surface area contributed by atoms with Gasteiger partial charge in [-0.15, -0.1) is 0 Å². The van der Waals surface area contributed by atoms with E-state index in [1.165, 1.54) is 0 Å². The van der Waals surface area contributed by atoms with Gasteiger partial charge in [-0.05, 0) is 19.8 Å². The highest BCUT2D eigenvalue weighted by Gasteiger charge is 2.14. The lowest BCUT2D eigenvalue weighted by Crippen LogP contribution is -2.41. The molecule has 126 valence electrons. The van der Waals surface area contributed by atoms with Crippen LogP contribution in [-0.2, 0) is 20.1 Å². The Labute approximate surface area is 137 Å². The first-order valence-electron chi connectivity index (χ1n) is 8.08. The Morgan fingerprint density at radius 2 is 2.09 bits per heavy atom. The van der Waals surface area contributed by atoms with Crippen molar-refractivity contribution in [3.63, 3.8) is 0 Å². The summed E-state index contributed by atoms with van der Waals surface area (Å²) < 4.78 is 4.03. The largest absolute Gasteiger partial charge is 0.338 e. The molecule has 0 saturated heterocycles. The molecule has 7 heteroatoms. The maximum absolute atomic E-state index is 12.4. The summed E-state index contributed by atoms with van der Waals surface area (Å²) >= 11 is 0. The number of amides is 2. The number of rotatable bonds is 8. The summed E-state index contributed by atoms with van der Waals surface area (Å²) in [5.41, 5.74) is 0. The van der Waals surface area contributed by atoms with Gasteiger partial charge in [-0.1, -0.05) is 6.92 Å². The number of hydrogen-bond acceptors (Lipinski definition) is 3. The summed E-state index contributed by atoms with van der Waals surface area (Å²) in [6.45, 7) is 6.81. The molecule has 0 unspecified atom stereocenters. The number of urea groups is 1. The summed E-state index contributed by atoms with van der Waals surface area (Å²) in [5, 5.41) is 3.00. The molecule has 0 atom stereocenters. The number of hydrogen-bond donors (Lipinski definition) is 1. The predicted molar refractivity (Wildman–Crippen MR) is 88.9 cm³/mol. The number of carbonyl (C=O) groups is 1. The highest BCUT2D eigenvalue weighted by atomic mass is 16.2. The van der Waals surface area contributed by atoms with E-state index in [0.717, 1.165) is 37.6 Å². The third-order valence-corrected chi connectivity index (χ3v) is 3.81. The number of aryl methyl sites for hydroxylation is 3. The van der Waals surface area contributed by atoms with Crippen LogP contribution < -0.4 is 5.32 Å². The Hall–Kier alpha value is -2.31. The normalized spacial score (nSPS) is 10.7. The standard InChI is InChI=1S/C16H26N6O/c1-4-9-22(13-15-18-7-11-20(15)3)16(23)19-6-5-10-21-12-8-17-14(21)2/h7-8,11-12H,4-6,9-10,13H2,1-3H3,(H,19,23). The molecule has 0 aliphatic rings. The first kappa shape index (κ1) is 17.1. The van der Waals surface area contributed by atoms with Crippen LogP contribution in [0.1, 0.15) is 31.4 Å². The van der Waals surface area contributed by atoms with Crippen molar-refractivity contribution in [2.75, 3.05) is 13.1 Å². The molecule has 0 bridgehead atoms. The molecule has 0 aromatic carbocycles. The molecule has 0 saturated carbocycles. The van der Waals surface area contributed by atoms with Crippen LogP contribution in [0.2, 0.25) is 0 Å². The molecule has 2 rings (SSSR count). The third kappa shape index (κ3) is 4.84. The van der Waals surface area contributed by atoms with Gasteiger partial charge in [0.15, 0.2) is 0 Å². The van der Waals surface area contributed by atoms with E-state index in [-0.39, 0.29) is 6.03 Å². The molecule has 0 radical (unpaired) electrons. The fourth-order valence-electron chi connectivity index (χ4n) is 2.44. The average molecular weight is 318 g/mol. The van der Waals surface area contributed by atoms with Gasteiger partial charge in [-0.3, -0.25) is 0 Å². The van der Waals surface area contributed by atoms with Crippen molar-refractivity contribution in [1.82, 2.24) is 29.3 Å². The van der Waals surface area contributed by atoms with E-state index in [0.29, 0.717) is 13.1 Å². The SMILES string of the molecule is CCCN(Cc1nccn1C)C(=O)NCCCn1ccnc1C. The van der Waals surface area contributed by atoms with E-state index in [2.05, 4.69) is 26.8 Å². The molecule has 0 fully saturated rings. The lowest BCUT2D eigenvalue weighted by atomic mass is 10.4. The molecule has 0 aliphatic heterocycles. The van der Waals surface area contributed by atoms with E-state index in [1.54, 1.807) is 12.4 Å². The van der Waals surface area contributed by atoms with Crippen molar-refractivity contribution in [2.24, 2.45) is 7.05 Å². The number of aromatic nitrogens is 4. The summed E-state index contributed by atoms with van der Waals surface area (Å²) in [7, 11) is 1.94. The highest BCUT2D eigenvalue weighted by molar-refractivity contribution is 5.74. The summed E-state index contributed by atoms with van der Waals surface area (Å²) in [5.74, 6) is 1.89. The molecule has 0 spiro atoms. The van der Waals surface area contributed by atoms with Crippen LogP contribution in [0.15, 0.2) is 24.8 Å². The van der Waals surface area contributed by atoms with Gasteiger partial charge in [0.25, 0.3) is 0 Å². The predicted octanol–water partition coefficient (Wildman–Crippen LogP) is 1.94. The lowest BCUT2D eigenvalue weighted by molar-refractivity contribution is 0.193. The Morgan fingerprint density at radius 1 is 1.30 bits per heavy atom. The van der Waals surface area contributed by atoms with Crippen LogP contribution in [0.25, 0.3) is 0 Å². The van der Waals surface area contributed by atoms with Gasteiger partial charge >= 0.3 is 6.03 Å². The zero-order valence-corrected chi connectivity index (χ0v) is 14.2. The molecule has 1 N–H and O–H groups in total. The maximum Gasteiger partial charge on any atom is 0.317 e. The Kier molecular flexibility index (Phi) is 6.19. The van der Waals surface area contributed by atoms with Crippen molar-refractivity contribution in [3.05, 3.63) is 36.4 Å². The topological polar surface area (TPSA) is 68.0 Å². The van der Waals surface area contributed by atoms with E-state index in [9.17, 15) is 4.79 Å². The smallest absolute Gasteiger partial charge is 0.317 e. The van der Waals surface area contributed by atoms with Gasteiger partial charge < -0.3 is 19.4 Å². The number of carbonyl (C=O) groups excluding carboxylic acids is 1. The van der Waals surface area contributed by atoms with Crippen molar-refractivity contribution in [1.29, 1.82) is 0 Å². The Bertz CT molecular complexity index is 618. The third-order valence-electron chi connectivity index (χ3n) is 3.81. The van der Waals surface area contributed by atoms with Crippen LogP contribution >= 0.6 is 0 Å². The Balaban J connectivity index is 1.79. The summed E-state index contributed by atoms with van der Waals surface area (Å²) in [6.07, 6.45) is 9.21. The molecule has 2 aromatic heterocycles. The van der Waals surface area contributed by atoms with Gasteiger partial charge in [0.1, 0.15) is 11.6 Å². The minimum atomic E-state index is -0.0304. The molecule has 2 amide bonds. The molecule has 7 nitrogen and oxygen atoms in total. The fraction of sp³-hybridized carbons (Fsp3) is 0.562. The van der Waals surface area contributed by atoms with Crippen molar-refractivity contribution in [2.45, 2.75) is 39.8 Å².